The zero-order valence-electron chi connectivity index (χ0n) is 9.74. The Kier molecular flexibility index (Phi) is 3.02. The molecule has 2 fully saturated rings. The second-order valence-corrected chi connectivity index (χ2v) is 5.12. The molecule has 1 aliphatic carbocycles. The van der Waals surface area contributed by atoms with Crippen molar-refractivity contribution in [1.29, 1.82) is 0 Å². The average Bonchev–Trinajstić information content (AvgIpc) is 2.51. The largest absolute Gasteiger partial charge is 0.394 e. The highest BCUT2D eigenvalue weighted by atomic mass is 16.3. The minimum atomic E-state index is -0.418. The van der Waals surface area contributed by atoms with E-state index in [0.717, 1.165) is 25.7 Å². The van der Waals surface area contributed by atoms with Crippen LogP contribution in [0.2, 0.25) is 0 Å². The van der Waals surface area contributed by atoms with Crippen molar-refractivity contribution in [2.24, 2.45) is 5.41 Å². The topological polar surface area (TPSA) is 57.6 Å². The van der Waals surface area contributed by atoms with Crippen molar-refractivity contribution in [3.05, 3.63) is 0 Å². The van der Waals surface area contributed by atoms with Crippen molar-refractivity contribution < 1.29 is 14.7 Å². The van der Waals surface area contributed by atoms with Crippen molar-refractivity contribution in [3.63, 3.8) is 0 Å². The average molecular weight is 225 g/mol. The number of carbonyl (C=O) groups excluding carboxylic acids is 2. The molecule has 1 heterocycles. The third-order valence-corrected chi connectivity index (χ3v) is 3.95. The molecule has 1 spiro atoms. The second-order valence-electron chi connectivity index (χ2n) is 5.12. The van der Waals surface area contributed by atoms with E-state index >= 15 is 0 Å². The zero-order valence-corrected chi connectivity index (χ0v) is 9.74. The van der Waals surface area contributed by atoms with E-state index in [9.17, 15) is 9.59 Å². The highest BCUT2D eigenvalue weighted by Gasteiger charge is 2.52. The lowest BCUT2D eigenvalue weighted by Crippen LogP contribution is -2.43. The SMILES string of the molecule is C[C@H](CO)N1C(=O)CC2(CCCCC2)C1=O. The van der Waals surface area contributed by atoms with Crippen LogP contribution in [0, 0.1) is 5.41 Å². The van der Waals surface area contributed by atoms with Gasteiger partial charge in [-0.3, -0.25) is 14.5 Å². The third kappa shape index (κ3) is 1.65. The van der Waals surface area contributed by atoms with Gasteiger partial charge in [0.15, 0.2) is 0 Å². The summed E-state index contributed by atoms with van der Waals surface area (Å²) >= 11 is 0. The maximum atomic E-state index is 12.3. The first-order chi connectivity index (χ1) is 7.60. The molecule has 1 atom stereocenters. The van der Waals surface area contributed by atoms with Crippen molar-refractivity contribution >= 4 is 11.8 Å². The summed E-state index contributed by atoms with van der Waals surface area (Å²) in [5.74, 6) is -0.146. The minimum Gasteiger partial charge on any atom is -0.394 e. The van der Waals surface area contributed by atoms with Gasteiger partial charge in [-0.15, -0.1) is 0 Å². The number of aliphatic hydroxyl groups is 1. The van der Waals surface area contributed by atoms with Gasteiger partial charge in [-0.1, -0.05) is 19.3 Å². The molecule has 1 saturated heterocycles. The Labute approximate surface area is 95.6 Å². The first-order valence-electron chi connectivity index (χ1n) is 6.08. The lowest BCUT2D eigenvalue weighted by atomic mass is 9.73. The summed E-state index contributed by atoms with van der Waals surface area (Å²) in [6.45, 7) is 1.57. The number of likely N-dealkylation sites (tertiary alicyclic amines) is 1. The Balaban J connectivity index is 2.20. The number of rotatable bonds is 2. The molecule has 0 bridgehead atoms. The summed E-state index contributed by atoms with van der Waals surface area (Å²) in [6.07, 6.45) is 5.29. The first-order valence-corrected chi connectivity index (χ1v) is 6.08. The molecule has 4 nitrogen and oxygen atoms in total. The van der Waals surface area contributed by atoms with Crippen LogP contribution in [0.4, 0.5) is 0 Å². The second kappa shape index (κ2) is 4.17. The normalized spacial score (nSPS) is 26.5. The summed E-state index contributed by atoms with van der Waals surface area (Å²) < 4.78 is 0. The van der Waals surface area contributed by atoms with Gasteiger partial charge in [-0.2, -0.15) is 0 Å². The lowest BCUT2D eigenvalue weighted by molar-refractivity contribution is -0.145. The summed E-state index contributed by atoms with van der Waals surface area (Å²) in [4.78, 5) is 25.4. The standard InChI is InChI=1S/C12H19NO3/c1-9(8-14)13-10(15)7-12(11(13)16)5-3-2-4-6-12/h9,14H,2-8H2,1H3/t9-/m1/s1. The predicted molar refractivity (Wildman–Crippen MR) is 58.5 cm³/mol. The van der Waals surface area contributed by atoms with Gasteiger partial charge in [-0.05, 0) is 19.8 Å². The molecule has 2 rings (SSSR count). The van der Waals surface area contributed by atoms with Crippen molar-refractivity contribution in [2.45, 2.75) is 51.5 Å². The Hall–Kier alpha value is -0.900. The maximum Gasteiger partial charge on any atom is 0.236 e. The molecule has 0 unspecified atom stereocenters. The fraction of sp³-hybridized carbons (Fsp3) is 0.833. The smallest absolute Gasteiger partial charge is 0.236 e. The molecule has 0 aromatic rings. The zero-order chi connectivity index (χ0) is 11.8. The molecule has 2 amide bonds. The maximum absolute atomic E-state index is 12.3. The molecule has 0 aromatic carbocycles. The number of aliphatic hydroxyl groups excluding tert-OH is 1. The van der Waals surface area contributed by atoms with Crippen LogP contribution in [-0.4, -0.2) is 34.5 Å². The predicted octanol–water partition coefficient (Wildman–Crippen LogP) is 1.08. The molecule has 16 heavy (non-hydrogen) atoms. The van der Waals surface area contributed by atoms with E-state index in [1.54, 1.807) is 6.92 Å². The van der Waals surface area contributed by atoms with E-state index in [2.05, 4.69) is 0 Å². The van der Waals surface area contributed by atoms with Gasteiger partial charge in [-0.25, -0.2) is 0 Å². The van der Waals surface area contributed by atoms with Gasteiger partial charge in [0.2, 0.25) is 11.8 Å². The van der Waals surface area contributed by atoms with Crippen LogP contribution >= 0.6 is 0 Å². The van der Waals surface area contributed by atoms with Crippen LogP contribution in [0.1, 0.15) is 45.4 Å². The molecule has 4 heteroatoms. The number of hydrogen-bond donors (Lipinski definition) is 1. The summed E-state index contributed by atoms with van der Waals surface area (Å²) in [5, 5.41) is 9.07. The van der Waals surface area contributed by atoms with E-state index in [-0.39, 0.29) is 24.5 Å². The highest BCUT2D eigenvalue weighted by molar-refractivity contribution is 6.06. The molecule has 2 aliphatic rings. The number of hydrogen-bond acceptors (Lipinski definition) is 3. The van der Waals surface area contributed by atoms with Crippen LogP contribution < -0.4 is 0 Å². The fourth-order valence-corrected chi connectivity index (χ4v) is 2.97. The van der Waals surface area contributed by atoms with Gasteiger partial charge >= 0.3 is 0 Å². The quantitative estimate of drug-likeness (QED) is 0.715. The molecule has 90 valence electrons. The monoisotopic (exact) mass is 225 g/mol. The van der Waals surface area contributed by atoms with Gasteiger partial charge in [0.05, 0.1) is 18.1 Å². The van der Waals surface area contributed by atoms with E-state index in [0.29, 0.717) is 6.42 Å². The van der Waals surface area contributed by atoms with Crippen LogP contribution in [0.15, 0.2) is 0 Å². The van der Waals surface area contributed by atoms with E-state index in [4.69, 9.17) is 5.11 Å². The van der Waals surface area contributed by atoms with Crippen LogP contribution in [-0.2, 0) is 9.59 Å². The van der Waals surface area contributed by atoms with E-state index in [1.807, 2.05) is 0 Å². The van der Waals surface area contributed by atoms with Crippen molar-refractivity contribution in [2.75, 3.05) is 6.61 Å². The van der Waals surface area contributed by atoms with Crippen LogP contribution in [0.3, 0.4) is 0 Å². The number of nitrogens with zero attached hydrogens (tertiary/aromatic N) is 1. The fourth-order valence-electron chi connectivity index (χ4n) is 2.97. The Bertz CT molecular complexity index is 307. The molecule has 1 saturated carbocycles. The third-order valence-electron chi connectivity index (χ3n) is 3.95. The van der Waals surface area contributed by atoms with Gasteiger partial charge in [0, 0.05) is 6.42 Å². The molecular weight excluding hydrogens is 206 g/mol. The number of amides is 2. The Morgan fingerprint density at radius 3 is 2.50 bits per heavy atom. The first kappa shape index (κ1) is 11.6. The van der Waals surface area contributed by atoms with Crippen LogP contribution in [0.25, 0.3) is 0 Å². The Morgan fingerprint density at radius 1 is 1.31 bits per heavy atom. The molecule has 0 aromatic heterocycles. The molecule has 0 radical (unpaired) electrons. The number of imide groups is 1. The van der Waals surface area contributed by atoms with Crippen molar-refractivity contribution in [1.82, 2.24) is 4.90 Å². The van der Waals surface area contributed by atoms with Gasteiger partial charge in [0.1, 0.15) is 0 Å². The van der Waals surface area contributed by atoms with Gasteiger partial charge < -0.3 is 5.11 Å². The Morgan fingerprint density at radius 2 is 1.94 bits per heavy atom. The van der Waals surface area contributed by atoms with E-state index in [1.165, 1.54) is 11.3 Å². The summed E-state index contributed by atoms with van der Waals surface area (Å²) in [6, 6.07) is -0.374. The molecular formula is C12H19NO3. The summed E-state index contributed by atoms with van der Waals surface area (Å²) in [5.41, 5.74) is -0.418. The number of carbonyl (C=O) groups is 2. The lowest BCUT2D eigenvalue weighted by Gasteiger charge is -2.31. The van der Waals surface area contributed by atoms with Gasteiger partial charge in [0.25, 0.3) is 0 Å². The minimum absolute atomic E-state index is 0.0428. The van der Waals surface area contributed by atoms with Crippen LogP contribution in [0.5, 0.6) is 0 Å². The van der Waals surface area contributed by atoms with E-state index < -0.39 is 5.41 Å². The summed E-state index contributed by atoms with van der Waals surface area (Å²) in [7, 11) is 0. The molecule has 1 aliphatic heterocycles. The highest BCUT2D eigenvalue weighted by Crippen LogP contribution is 2.45. The van der Waals surface area contributed by atoms with Crippen molar-refractivity contribution in [3.8, 4) is 0 Å². The molecule has 1 N–H and O–H groups in total.